The van der Waals surface area contributed by atoms with Crippen molar-refractivity contribution in [2.45, 2.75) is 18.9 Å². The Morgan fingerprint density at radius 3 is 2.62 bits per heavy atom. The Labute approximate surface area is 93.6 Å². The minimum absolute atomic E-state index is 0.326. The lowest BCUT2D eigenvalue weighted by atomic mass is 10.2. The predicted molar refractivity (Wildman–Crippen MR) is 57.9 cm³/mol. The molecule has 0 aromatic heterocycles. The van der Waals surface area contributed by atoms with Gasteiger partial charge in [-0.2, -0.15) is 0 Å². The third kappa shape index (κ3) is 2.46. The van der Waals surface area contributed by atoms with Gasteiger partial charge < -0.3 is 10.1 Å². The number of benzene rings is 1. The zero-order valence-corrected chi connectivity index (χ0v) is 8.81. The number of carbonyl (C=O) groups excluding carboxylic acids is 2. The average molecular weight is 219 g/mol. The molecule has 1 saturated heterocycles. The highest BCUT2D eigenvalue weighted by Gasteiger charge is 2.25. The van der Waals surface area contributed by atoms with Gasteiger partial charge in [0.05, 0.1) is 5.56 Å². The van der Waals surface area contributed by atoms with Gasteiger partial charge in [-0.05, 0) is 31.5 Å². The second-order valence-corrected chi connectivity index (χ2v) is 3.72. The van der Waals surface area contributed by atoms with Crippen molar-refractivity contribution in [1.82, 2.24) is 5.32 Å². The second-order valence-electron chi connectivity index (χ2n) is 3.72. The molecule has 1 unspecified atom stereocenters. The number of nitrogens with one attached hydrogen (secondary N) is 1. The second kappa shape index (κ2) is 4.90. The summed E-state index contributed by atoms with van der Waals surface area (Å²) in [5.74, 6) is -1.06. The Bertz CT molecular complexity index is 383. The highest BCUT2D eigenvalue weighted by Crippen LogP contribution is 2.08. The number of hydrogen-bond donors (Lipinski definition) is 1. The first-order valence-corrected chi connectivity index (χ1v) is 5.32. The van der Waals surface area contributed by atoms with E-state index >= 15 is 0 Å². The standard InChI is InChI=1S/C12H13NO3/c14-11(9-5-2-1-3-6-9)16-12(15)10-7-4-8-13-10/h1-3,5-6,10,13H,4,7-8H2. The van der Waals surface area contributed by atoms with Gasteiger partial charge in [0.15, 0.2) is 0 Å². The van der Waals surface area contributed by atoms with Crippen molar-refractivity contribution in [3.63, 3.8) is 0 Å². The molecule has 1 aromatic rings. The highest BCUT2D eigenvalue weighted by atomic mass is 16.6. The number of hydrogen-bond acceptors (Lipinski definition) is 4. The Balaban J connectivity index is 1.94. The van der Waals surface area contributed by atoms with Crippen LogP contribution in [0.2, 0.25) is 0 Å². The molecule has 4 heteroatoms. The SMILES string of the molecule is O=C(OC(=O)C1CCCN1)c1ccccc1. The van der Waals surface area contributed by atoms with Crippen LogP contribution in [-0.2, 0) is 9.53 Å². The fourth-order valence-corrected chi connectivity index (χ4v) is 1.68. The maximum atomic E-state index is 11.5. The van der Waals surface area contributed by atoms with Gasteiger partial charge in [0.1, 0.15) is 6.04 Å². The molecule has 0 spiro atoms. The van der Waals surface area contributed by atoms with E-state index in [1.165, 1.54) is 0 Å². The first-order chi connectivity index (χ1) is 7.77. The van der Waals surface area contributed by atoms with Crippen LogP contribution in [0, 0.1) is 0 Å². The van der Waals surface area contributed by atoms with E-state index in [0.29, 0.717) is 5.56 Å². The molecule has 4 nitrogen and oxygen atoms in total. The normalized spacial score (nSPS) is 19.4. The van der Waals surface area contributed by atoms with Crippen molar-refractivity contribution in [2.24, 2.45) is 0 Å². The van der Waals surface area contributed by atoms with Crippen molar-refractivity contribution >= 4 is 11.9 Å². The van der Waals surface area contributed by atoms with E-state index in [1.807, 2.05) is 0 Å². The molecule has 0 bridgehead atoms. The van der Waals surface area contributed by atoms with Crippen LogP contribution in [0.1, 0.15) is 23.2 Å². The van der Waals surface area contributed by atoms with Crippen LogP contribution in [0.15, 0.2) is 30.3 Å². The molecule has 1 heterocycles. The summed E-state index contributed by atoms with van der Waals surface area (Å²) in [6.45, 7) is 0.805. The molecule has 1 aromatic carbocycles. The zero-order chi connectivity index (χ0) is 11.4. The van der Waals surface area contributed by atoms with Crippen molar-refractivity contribution in [3.8, 4) is 0 Å². The Hall–Kier alpha value is -1.68. The summed E-state index contributed by atoms with van der Waals surface area (Å²) in [6, 6.07) is 8.18. The molecule has 16 heavy (non-hydrogen) atoms. The van der Waals surface area contributed by atoms with Crippen LogP contribution in [0.5, 0.6) is 0 Å². The molecule has 1 aliphatic heterocycles. The van der Waals surface area contributed by atoms with E-state index in [1.54, 1.807) is 30.3 Å². The maximum Gasteiger partial charge on any atom is 0.345 e. The lowest BCUT2D eigenvalue weighted by molar-refractivity contribution is -0.139. The monoisotopic (exact) mass is 219 g/mol. The quantitative estimate of drug-likeness (QED) is 0.598. The summed E-state index contributed by atoms with van der Waals surface area (Å²) in [6.07, 6.45) is 1.68. The number of ether oxygens (including phenoxy) is 1. The summed E-state index contributed by atoms with van der Waals surface area (Å²) in [5.41, 5.74) is 0.397. The molecule has 1 N–H and O–H groups in total. The Morgan fingerprint density at radius 1 is 1.25 bits per heavy atom. The summed E-state index contributed by atoms with van der Waals surface area (Å²) < 4.78 is 4.78. The molecule has 0 saturated carbocycles. The van der Waals surface area contributed by atoms with Crippen LogP contribution in [-0.4, -0.2) is 24.5 Å². The zero-order valence-electron chi connectivity index (χ0n) is 8.81. The lowest BCUT2D eigenvalue weighted by Crippen LogP contribution is -2.33. The van der Waals surface area contributed by atoms with Gasteiger partial charge in [0, 0.05) is 0 Å². The molecule has 0 amide bonds. The predicted octanol–water partition coefficient (Wildman–Crippen LogP) is 1.12. The van der Waals surface area contributed by atoms with Gasteiger partial charge in [0.2, 0.25) is 0 Å². The molecular weight excluding hydrogens is 206 g/mol. The molecule has 1 atom stereocenters. The molecular formula is C12H13NO3. The third-order valence-corrected chi connectivity index (χ3v) is 2.55. The van der Waals surface area contributed by atoms with Crippen LogP contribution >= 0.6 is 0 Å². The van der Waals surface area contributed by atoms with E-state index in [9.17, 15) is 9.59 Å². The van der Waals surface area contributed by atoms with E-state index in [4.69, 9.17) is 4.74 Å². The minimum Gasteiger partial charge on any atom is -0.388 e. The van der Waals surface area contributed by atoms with Crippen LogP contribution in [0.3, 0.4) is 0 Å². The van der Waals surface area contributed by atoms with Gasteiger partial charge >= 0.3 is 11.9 Å². The van der Waals surface area contributed by atoms with Gasteiger partial charge in [-0.25, -0.2) is 9.59 Å². The van der Waals surface area contributed by atoms with Gasteiger partial charge in [-0.1, -0.05) is 18.2 Å². The molecule has 1 aliphatic rings. The van der Waals surface area contributed by atoms with Crippen molar-refractivity contribution < 1.29 is 14.3 Å². The summed E-state index contributed by atoms with van der Waals surface area (Å²) in [5, 5.41) is 2.99. The van der Waals surface area contributed by atoms with Gasteiger partial charge in [-0.3, -0.25) is 0 Å². The van der Waals surface area contributed by atoms with Crippen molar-refractivity contribution in [3.05, 3.63) is 35.9 Å². The maximum absolute atomic E-state index is 11.5. The number of esters is 2. The minimum atomic E-state index is -0.584. The van der Waals surface area contributed by atoms with Crippen molar-refractivity contribution in [1.29, 1.82) is 0 Å². The molecule has 2 rings (SSSR count). The molecule has 84 valence electrons. The molecule has 0 aliphatic carbocycles. The first-order valence-electron chi connectivity index (χ1n) is 5.32. The lowest BCUT2D eigenvalue weighted by Gasteiger charge is -2.08. The summed E-state index contributed by atoms with van der Waals surface area (Å²) in [7, 11) is 0. The van der Waals surface area contributed by atoms with Gasteiger partial charge in [0.25, 0.3) is 0 Å². The largest absolute Gasteiger partial charge is 0.388 e. The number of rotatable bonds is 2. The smallest absolute Gasteiger partial charge is 0.345 e. The molecule has 1 fully saturated rings. The summed E-state index contributed by atoms with van der Waals surface area (Å²) >= 11 is 0. The Morgan fingerprint density at radius 2 is 2.00 bits per heavy atom. The molecule has 0 radical (unpaired) electrons. The van der Waals surface area contributed by atoms with Crippen LogP contribution in [0.25, 0.3) is 0 Å². The van der Waals surface area contributed by atoms with Crippen molar-refractivity contribution in [2.75, 3.05) is 6.54 Å². The Kier molecular flexibility index (Phi) is 3.31. The highest BCUT2D eigenvalue weighted by molar-refractivity contribution is 5.98. The van der Waals surface area contributed by atoms with Crippen LogP contribution < -0.4 is 5.32 Å². The third-order valence-electron chi connectivity index (χ3n) is 2.55. The van der Waals surface area contributed by atoms with E-state index < -0.39 is 11.9 Å². The van der Waals surface area contributed by atoms with E-state index in [0.717, 1.165) is 19.4 Å². The first kappa shape index (κ1) is 10.8. The van der Waals surface area contributed by atoms with Gasteiger partial charge in [-0.15, -0.1) is 0 Å². The summed E-state index contributed by atoms with van der Waals surface area (Å²) in [4.78, 5) is 23.1. The fraction of sp³-hybridized carbons (Fsp3) is 0.333. The van der Waals surface area contributed by atoms with E-state index in [2.05, 4.69) is 5.32 Å². The average Bonchev–Trinajstić information content (AvgIpc) is 2.83. The van der Waals surface area contributed by atoms with E-state index in [-0.39, 0.29) is 6.04 Å². The topological polar surface area (TPSA) is 55.4 Å². The fourth-order valence-electron chi connectivity index (χ4n) is 1.68. The van der Waals surface area contributed by atoms with Crippen LogP contribution in [0.4, 0.5) is 0 Å². The number of carbonyl (C=O) groups is 2.